The summed E-state index contributed by atoms with van der Waals surface area (Å²) in [6.07, 6.45) is -3.13. The summed E-state index contributed by atoms with van der Waals surface area (Å²) in [6, 6.07) is 24.5. The Morgan fingerprint density at radius 2 is 1.61 bits per heavy atom. The maximum atomic E-state index is 12.1. The normalized spacial score (nSPS) is 11.3. The molecule has 0 unspecified atom stereocenters. The molecule has 0 fully saturated rings. The van der Waals surface area contributed by atoms with Crippen LogP contribution in [0.4, 0.5) is 13.2 Å². The summed E-state index contributed by atoms with van der Waals surface area (Å²) < 4.78 is 38.5. The number of hydrogen-bond donors (Lipinski definition) is 0. The molecule has 0 aliphatic carbocycles. The second-order valence-corrected chi connectivity index (χ2v) is 9.15. The van der Waals surface area contributed by atoms with Gasteiger partial charge in [-0.15, -0.1) is 41.0 Å². The first-order valence-corrected chi connectivity index (χ1v) is 11.4. The van der Waals surface area contributed by atoms with Crippen LogP contribution in [0.2, 0.25) is 0 Å². The molecule has 0 saturated carbocycles. The molecule has 0 amide bonds. The Hall–Kier alpha value is -3.69. The van der Waals surface area contributed by atoms with Crippen LogP contribution in [0.3, 0.4) is 0 Å². The van der Waals surface area contributed by atoms with Crippen LogP contribution in [0.15, 0.2) is 72.9 Å². The minimum atomic E-state index is -4.57. The first kappa shape index (κ1) is 28.9. The Kier molecular flexibility index (Phi) is 8.96. The van der Waals surface area contributed by atoms with Gasteiger partial charge in [-0.2, -0.15) is 18.3 Å². The van der Waals surface area contributed by atoms with E-state index in [1.165, 1.54) is 17.8 Å². The Labute approximate surface area is 231 Å². The summed E-state index contributed by atoms with van der Waals surface area (Å²) in [5.74, 6) is 0.323. The molecule has 0 bridgehead atoms. The van der Waals surface area contributed by atoms with Gasteiger partial charge in [0.2, 0.25) is 0 Å². The molecule has 0 N–H and O–H groups in total. The summed E-state index contributed by atoms with van der Waals surface area (Å²) in [5.41, 5.74) is 3.75. The van der Waals surface area contributed by atoms with Crippen LogP contribution < -0.4 is 5.10 Å². The molecule has 1 radical (unpaired) electrons. The van der Waals surface area contributed by atoms with E-state index in [0.29, 0.717) is 0 Å². The van der Waals surface area contributed by atoms with Crippen molar-refractivity contribution in [1.82, 2.24) is 34.9 Å². The zero-order valence-corrected chi connectivity index (χ0v) is 23.4. The third-order valence-corrected chi connectivity index (χ3v) is 5.37. The minimum Gasteiger partial charge on any atom is -0.413 e. The molecule has 0 aliphatic heterocycles. The number of nitrogens with zero attached hydrogens (tertiary/aromatic N) is 7. The van der Waals surface area contributed by atoms with Crippen molar-refractivity contribution in [2.45, 2.75) is 39.3 Å². The Bertz CT molecular complexity index is 1440. The van der Waals surface area contributed by atoms with Crippen molar-refractivity contribution in [1.29, 1.82) is 0 Å². The van der Waals surface area contributed by atoms with Crippen LogP contribution in [0, 0.1) is 13.0 Å². The molecule has 5 aromatic rings. The van der Waals surface area contributed by atoms with Gasteiger partial charge in [0, 0.05) is 32.0 Å². The van der Waals surface area contributed by atoms with Gasteiger partial charge in [-0.3, -0.25) is 10.1 Å². The predicted octanol–water partition coefficient (Wildman–Crippen LogP) is 5.85. The van der Waals surface area contributed by atoms with E-state index in [0.717, 1.165) is 22.9 Å². The molecule has 0 aliphatic rings. The number of alkyl halides is 3. The molecule has 0 saturated heterocycles. The quantitative estimate of drug-likeness (QED) is 0.220. The molecule has 0 spiro atoms. The van der Waals surface area contributed by atoms with Crippen molar-refractivity contribution >= 4 is 0 Å². The monoisotopic (exact) mass is 696 g/mol. The van der Waals surface area contributed by atoms with Gasteiger partial charge in [0.1, 0.15) is 11.6 Å². The van der Waals surface area contributed by atoms with Crippen molar-refractivity contribution < 1.29 is 33.3 Å². The van der Waals surface area contributed by atoms with Gasteiger partial charge in [-0.1, -0.05) is 39.0 Å². The molecule has 38 heavy (non-hydrogen) atoms. The predicted molar refractivity (Wildman–Crippen MR) is 133 cm³/mol. The number of aryl methyl sites for hydroxylation is 1. The molecule has 3 aromatic heterocycles. The summed E-state index contributed by atoms with van der Waals surface area (Å²) >= 11 is 0. The average molecular weight is 696 g/mol. The molecule has 7 nitrogen and oxygen atoms in total. The van der Waals surface area contributed by atoms with Crippen molar-refractivity contribution in [3.05, 3.63) is 96.2 Å². The zero-order chi connectivity index (χ0) is 26.6. The maximum Gasteiger partial charge on any atom is 0.429 e. The molecule has 199 valence electrons. The van der Waals surface area contributed by atoms with Crippen LogP contribution in [0.25, 0.3) is 28.6 Å². The van der Waals surface area contributed by atoms with Crippen LogP contribution in [-0.4, -0.2) is 29.8 Å². The minimum absolute atomic E-state index is 0. The first-order valence-electron chi connectivity index (χ1n) is 11.4. The average Bonchev–Trinajstić information content (AvgIpc) is 3.53. The van der Waals surface area contributed by atoms with E-state index in [-0.39, 0.29) is 37.0 Å². The zero-order valence-electron chi connectivity index (χ0n) is 21.0. The van der Waals surface area contributed by atoms with E-state index in [2.05, 4.69) is 86.0 Å². The molecule has 3 heterocycles. The van der Waals surface area contributed by atoms with Gasteiger partial charge in [-0.05, 0) is 48.0 Å². The summed E-state index contributed by atoms with van der Waals surface area (Å²) in [4.78, 5) is 7.05. The Morgan fingerprint density at radius 3 is 2.16 bits per heavy atom. The fraction of sp³-hybridized carbons (Fsp3) is 0.222. The second-order valence-electron chi connectivity index (χ2n) is 9.15. The van der Waals surface area contributed by atoms with Gasteiger partial charge in [0.15, 0.2) is 0 Å². The van der Waals surface area contributed by atoms with E-state index in [9.17, 15) is 13.2 Å². The van der Waals surface area contributed by atoms with Crippen molar-refractivity contribution in [2.75, 3.05) is 0 Å². The molecule has 0 atom stereocenters. The van der Waals surface area contributed by atoms with E-state index in [1.54, 1.807) is 12.1 Å². The number of aromatic nitrogens is 7. The van der Waals surface area contributed by atoms with E-state index >= 15 is 0 Å². The fourth-order valence-corrected chi connectivity index (χ4v) is 3.45. The van der Waals surface area contributed by atoms with Gasteiger partial charge in [0.25, 0.3) is 0 Å². The van der Waals surface area contributed by atoms with Gasteiger partial charge in [0.05, 0.1) is 11.5 Å². The molecule has 11 heteroatoms. The number of rotatable bonds is 3. The third-order valence-electron chi connectivity index (χ3n) is 5.37. The topological polar surface area (TPSA) is 83.5 Å². The van der Waals surface area contributed by atoms with E-state index in [4.69, 9.17) is 0 Å². The summed E-state index contributed by atoms with van der Waals surface area (Å²) in [7, 11) is 0. The van der Waals surface area contributed by atoms with Gasteiger partial charge in [-0.25, -0.2) is 0 Å². The van der Waals surface area contributed by atoms with Crippen LogP contribution in [-0.2, 0) is 31.7 Å². The maximum absolute atomic E-state index is 12.1. The first-order chi connectivity index (χ1) is 17.5. The van der Waals surface area contributed by atoms with E-state index in [1.807, 2.05) is 31.2 Å². The number of halogens is 3. The Morgan fingerprint density at radius 1 is 0.895 bits per heavy atom. The third kappa shape index (κ3) is 6.79. The molecular weight excluding hydrogens is 672 g/mol. The molecule has 2 aromatic carbocycles. The number of benzene rings is 2. The largest absolute Gasteiger partial charge is 0.429 e. The van der Waals surface area contributed by atoms with Crippen LogP contribution >= 0.6 is 0 Å². The standard InChI is InChI=1S/C19H20N3.C8H4F3N4.Ir/c1-14-20-21-18(15-8-6-5-7-9-15)22(14)17-12-10-16(11-13-17)19(2,3)4;9-8(10,11)7-13-6(14-15-7)5-3-1-2-4-12-5;/h5-8,10-13H,1-4H3;1-4H;/q2*-1;. The van der Waals surface area contributed by atoms with E-state index < -0.39 is 12.0 Å². The second kappa shape index (κ2) is 11.8. The Balaban J connectivity index is 0.000000220. The molecular formula is C27H24F3IrN7-2. The number of hydrogen-bond acceptors (Lipinski definition) is 5. The SMILES string of the molecule is Cc1nnc(-c2[c-]cccc2)n1-c1ccc(C(C)(C)C)cc1.FC(F)(F)c1n[n-]c(-c2ccccn2)n1.[Ir]. The van der Waals surface area contributed by atoms with Crippen molar-refractivity contribution in [3.63, 3.8) is 0 Å². The smallest absolute Gasteiger partial charge is 0.413 e. The summed E-state index contributed by atoms with van der Waals surface area (Å²) in [5, 5.41) is 14.8. The van der Waals surface area contributed by atoms with Gasteiger partial charge >= 0.3 is 6.18 Å². The van der Waals surface area contributed by atoms with Crippen LogP contribution in [0.1, 0.15) is 38.0 Å². The van der Waals surface area contributed by atoms with Crippen molar-refractivity contribution in [3.8, 4) is 28.6 Å². The molecule has 5 rings (SSSR count). The van der Waals surface area contributed by atoms with Gasteiger partial charge < -0.3 is 14.6 Å². The number of pyridine rings is 1. The fourth-order valence-electron chi connectivity index (χ4n) is 3.45. The van der Waals surface area contributed by atoms with Crippen molar-refractivity contribution in [2.24, 2.45) is 0 Å². The van der Waals surface area contributed by atoms with Crippen LogP contribution in [0.5, 0.6) is 0 Å². The summed E-state index contributed by atoms with van der Waals surface area (Å²) in [6.45, 7) is 8.63.